The van der Waals surface area contributed by atoms with Gasteiger partial charge in [0.15, 0.2) is 0 Å². The molecule has 0 spiro atoms. The van der Waals surface area contributed by atoms with Crippen LogP contribution >= 0.6 is 0 Å². The second-order valence-electron chi connectivity index (χ2n) is 12.4. The zero-order chi connectivity index (χ0) is 31.6. The van der Waals surface area contributed by atoms with E-state index in [9.17, 15) is 27.6 Å². The molecule has 242 valence electrons. The lowest BCUT2D eigenvalue weighted by Gasteiger charge is -2.31. The van der Waals surface area contributed by atoms with E-state index in [4.69, 9.17) is 9.47 Å². The van der Waals surface area contributed by atoms with Crippen molar-refractivity contribution in [3.05, 3.63) is 24.5 Å². The Kier molecular flexibility index (Phi) is 9.30. The summed E-state index contributed by atoms with van der Waals surface area (Å²) in [4.78, 5) is 55.0. The molecule has 3 heterocycles. The number of fused-ring (bicyclic) bond motifs is 4. The molecule has 1 aromatic heterocycles. The quantitative estimate of drug-likeness (QED) is 0.353. The third kappa shape index (κ3) is 7.06. The second kappa shape index (κ2) is 12.8. The van der Waals surface area contributed by atoms with E-state index in [0.29, 0.717) is 31.5 Å². The molecule has 3 fully saturated rings. The summed E-state index contributed by atoms with van der Waals surface area (Å²) in [6.07, 6.45) is 5.48. The highest BCUT2D eigenvalue weighted by Gasteiger charge is 2.62. The van der Waals surface area contributed by atoms with Gasteiger partial charge in [-0.05, 0) is 44.4 Å². The van der Waals surface area contributed by atoms with Gasteiger partial charge in [-0.2, -0.15) is 0 Å². The van der Waals surface area contributed by atoms with Crippen LogP contribution < -0.4 is 15.4 Å². The molecular formula is C28H41N7O8S. The monoisotopic (exact) mass is 635 g/mol. The van der Waals surface area contributed by atoms with E-state index in [1.165, 1.54) is 11.0 Å². The van der Waals surface area contributed by atoms with E-state index < -0.39 is 68.7 Å². The van der Waals surface area contributed by atoms with Crippen LogP contribution in [-0.2, 0) is 47.0 Å². The fraction of sp³-hybridized carbons (Fsp3) is 0.714. The van der Waals surface area contributed by atoms with Crippen molar-refractivity contribution in [2.24, 2.45) is 11.8 Å². The van der Waals surface area contributed by atoms with Crippen LogP contribution in [-0.4, -0.2) is 94.3 Å². The van der Waals surface area contributed by atoms with Gasteiger partial charge in [-0.1, -0.05) is 25.1 Å². The van der Waals surface area contributed by atoms with Crippen LogP contribution in [0, 0.1) is 11.8 Å². The first kappa shape index (κ1) is 31.9. The van der Waals surface area contributed by atoms with E-state index in [2.05, 4.69) is 32.2 Å². The number of sulfonamides is 1. The van der Waals surface area contributed by atoms with Crippen molar-refractivity contribution in [3.8, 4) is 0 Å². The number of aryl methyl sites for hydroxylation is 1. The zero-order valence-corrected chi connectivity index (χ0v) is 25.9. The minimum Gasteiger partial charge on any atom is -0.450 e. The summed E-state index contributed by atoms with van der Waals surface area (Å²) in [5, 5.41) is 13.1. The lowest BCUT2D eigenvalue weighted by Crippen LogP contribution is -2.59. The minimum atomic E-state index is -3.85. The third-order valence-electron chi connectivity index (χ3n) is 8.62. The number of nitrogens with zero attached hydrogens (tertiary/aromatic N) is 4. The number of cyclic esters (lactones) is 1. The van der Waals surface area contributed by atoms with Crippen molar-refractivity contribution in [1.29, 1.82) is 0 Å². The van der Waals surface area contributed by atoms with Crippen molar-refractivity contribution in [2.45, 2.75) is 101 Å². The maximum absolute atomic E-state index is 13.9. The molecule has 2 saturated carbocycles. The minimum absolute atomic E-state index is 0.0468. The molecule has 3 N–H and O–H groups in total. The lowest BCUT2D eigenvalue weighted by molar-refractivity contribution is -0.141. The average Bonchev–Trinajstić information content (AvgIpc) is 3.86. The number of hydrogen-bond acceptors (Lipinski definition) is 10. The van der Waals surface area contributed by atoms with Crippen molar-refractivity contribution in [3.63, 3.8) is 0 Å². The summed E-state index contributed by atoms with van der Waals surface area (Å²) in [6, 6.07) is -2.04. The molecule has 1 saturated heterocycles. The highest BCUT2D eigenvalue weighted by molar-refractivity contribution is 7.91. The van der Waals surface area contributed by atoms with Crippen LogP contribution in [0.4, 0.5) is 4.79 Å². The fourth-order valence-corrected chi connectivity index (χ4v) is 7.09. The number of alkyl carbamates (subject to hydrolysis) is 1. The molecule has 2 aliphatic heterocycles. The average molecular weight is 636 g/mol. The molecule has 0 aromatic carbocycles. The Morgan fingerprint density at radius 1 is 1.23 bits per heavy atom. The van der Waals surface area contributed by atoms with Crippen LogP contribution in [0.1, 0.15) is 64.5 Å². The highest BCUT2D eigenvalue weighted by atomic mass is 32.2. The van der Waals surface area contributed by atoms with Gasteiger partial charge in [0.05, 0.1) is 30.8 Å². The Morgan fingerprint density at radius 3 is 2.68 bits per heavy atom. The first-order chi connectivity index (χ1) is 20.9. The molecule has 5 rings (SSSR count). The molecule has 44 heavy (non-hydrogen) atoms. The van der Waals surface area contributed by atoms with Crippen LogP contribution in [0.25, 0.3) is 0 Å². The molecule has 1 aromatic rings. The van der Waals surface area contributed by atoms with E-state index >= 15 is 0 Å². The van der Waals surface area contributed by atoms with E-state index in [-0.39, 0.29) is 38.5 Å². The van der Waals surface area contributed by atoms with Crippen molar-refractivity contribution in [1.82, 2.24) is 35.2 Å². The van der Waals surface area contributed by atoms with Gasteiger partial charge in [0.25, 0.3) is 5.91 Å². The number of rotatable bonds is 7. The molecule has 5 atom stereocenters. The van der Waals surface area contributed by atoms with Gasteiger partial charge in [0, 0.05) is 25.4 Å². The number of carbonyl (C=O) groups is 4. The summed E-state index contributed by atoms with van der Waals surface area (Å²) in [5.74, 6) is -2.77. The molecule has 4 aliphatic rings. The molecule has 4 amide bonds. The first-order valence-electron chi connectivity index (χ1n) is 15.2. The number of amides is 4. The number of hydrogen-bond donors (Lipinski definition) is 3. The molecule has 1 unspecified atom stereocenters. The molecule has 15 nitrogen and oxygen atoms in total. The van der Waals surface area contributed by atoms with Crippen LogP contribution in [0.5, 0.6) is 0 Å². The van der Waals surface area contributed by atoms with E-state index in [0.717, 1.165) is 12.8 Å². The number of aromatic nitrogens is 3. The van der Waals surface area contributed by atoms with Gasteiger partial charge < -0.3 is 25.0 Å². The molecular weight excluding hydrogens is 594 g/mol. The van der Waals surface area contributed by atoms with Gasteiger partial charge >= 0.3 is 6.09 Å². The maximum Gasteiger partial charge on any atom is 0.407 e. The van der Waals surface area contributed by atoms with Crippen molar-refractivity contribution >= 4 is 33.8 Å². The smallest absolute Gasteiger partial charge is 0.407 e. The Morgan fingerprint density at radius 2 is 2.00 bits per heavy atom. The van der Waals surface area contributed by atoms with Gasteiger partial charge in [-0.25, -0.2) is 13.2 Å². The Bertz CT molecular complexity index is 1390. The van der Waals surface area contributed by atoms with E-state index in [1.54, 1.807) is 24.7 Å². The predicted octanol–water partition coefficient (Wildman–Crippen LogP) is 0.368. The van der Waals surface area contributed by atoms with Crippen molar-refractivity contribution < 1.29 is 37.1 Å². The summed E-state index contributed by atoms with van der Waals surface area (Å²) in [7, 11) is -3.85. The van der Waals surface area contributed by atoms with Gasteiger partial charge in [0.1, 0.15) is 23.3 Å². The maximum atomic E-state index is 13.9. The van der Waals surface area contributed by atoms with Crippen LogP contribution in [0.2, 0.25) is 0 Å². The fourth-order valence-electron chi connectivity index (χ4n) is 5.72. The third-order valence-corrected chi connectivity index (χ3v) is 10.4. The molecule has 4 bridgehead atoms. The normalized spacial score (nSPS) is 30.0. The summed E-state index contributed by atoms with van der Waals surface area (Å²) < 4.78 is 40.3. The number of carbonyl (C=O) groups excluding carboxylic acids is 4. The standard InChI is InChI=1S/C28H41N7O8S/c1-4-18-13-28(18,26(38)32-44(40,41)21-8-9-21)30-24(36)22-12-20-15-35(22)25(37)23(17(2)3)29-27(39)42-11-7-5-6-10-34-14-19(16-43-20)31-33-34/h4,14,17-18,20-23H,1,5-13,15-16H2,2-3H3,(H,29,39)(H,30,36)(H,32,38)/t18?,20-,22+,23+,28-/m1/s1. The summed E-state index contributed by atoms with van der Waals surface area (Å²) >= 11 is 0. The molecule has 16 heteroatoms. The highest BCUT2D eigenvalue weighted by Crippen LogP contribution is 2.45. The zero-order valence-electron chi connectivity index (χ0n) is 25.1. The van der Waals surface area contributed by atoms with Crippen molar-refractivity contribution in [2.75, 3.05) is 13.2 Å². The Hall–Kier alpha value is -3.53. The predicted molar refractivity (Wildman–Crippen MR) is 155 cm³/mol. The SMILES string of the molecule is C=CC1C[C@]1(NC(=O)[C@@H]1C[C@@H]2CN1C(=O)[C@H](C(C)C)NC(=O)OCCCCCn1cc(nn1)CO2)C(=O)NS(=O)(=O)C1CC1. The Balaban J connectivity index is 1.37. The summed E-state index contributed by atoms with van der Waals surface area (Å²) in [6.45, 7) is 8.27. The van der Waals surface area contributed by atoms with Crippen LogP contribution in [0.15, 0.2) is 18.9 Å². The second-order valence-corrected chi connectivity index (χ2v) is 14.4. The molecule has 2 aliphatic carbocycles. The van der Waals surface area contributed by atoms with Gasteiger partial charge in [-0.15, -0.1) is 11.7 Å². The lowest BCUT2D eigenvalue weighted by atomic mass is 10.0. The first-order valence-corrected chi connectivity index (χ1v) is 16.7. The summed E-state index contributed by atoms with van der Waals surface area (Å²) in [5.41, 5.74) is -0.898. The van der Waals surface area contributed by atoms with Gasteiger partial charge in [-0.3, -0.25) is 23.8 Å². The number of ether oxygens (including phenoxy) is 2. The van der Waals surface area contributed by atoms with Crippen LogP contribution in [0.3, 0.4) is 0 Å². The largest absolute Gasteiger partial charge is 0.450 e. The topological polar surface area (TPSA) is 191 Å². The van der Waals surface area contributed by atoms with Gasteiger partial charge in [0.2, 0.25) is 21.8 Å². The Labute approximate surface area is 256 Å². The number of nitrogens with one attached hydrogen (secondary N) is 3. The molecule has 0 radical (unpaired) electrons. The van der Waals surface area contributed by atoms with E-state index in [1.807, 2.05) is 0 Å².